The van der Waals surface area contributed by atoms with Gasteiger partial charge in [-0.05, 0) is 67.9 Å². The number of thiophene rings is 1. The number of likely N-dealkylation sites (tertiary alicyclic amines) is 1. The van der Waals surface area contributed by atoms with Crippen LogP contribution in [0.3, 0.4) is 0 Å². The second-order valence-electron chi connectivity index (χ2n) is 6.68. The summed E-state index contributed by atoms with van der Waals surface area (Å²) in [6.07, 6.45) is 2.28. The van der Waals surface area contributed by atoms with Gasteiger partial charge in [0, 0.05) is 18.0 Å². The Labute approximate surface area is 160 Å². The minimum Gasteiger partial charge on any atom is -0.495 e. The van der Waals surface area contributed by atoms with Crippen molar-refractivity contribution < 1.29 is 13.2 Å². The average Bonchev–Trinajstić information content (AvgIpc) is 3.17. The van der Waals surface area contributed by atoms with Gasteiger partial charge < -0.3 is 9.64 Å². The molecule has 0 bridgehead atoms. The number of rotatable bonds is 7. The number of hydrogen-bond donors (Lipinski definition) is 1. The second kappa shape index (κ2) is 8.52. The smallest absolute Gasteiger partial charge is 0.244 e. The molecule has 1 aromatic heterocycles. The van der Waals surface area contributed by atoms with E-state index in [-0.39, 0.29) is 4.90 Å². The number of piperidine rings is 1. The number of methoxy groups -OCH3 is 1. The van der Waals surface area contributed by atoms with Crippen LogP contribution in [0.1, 0.15) is 29.2 Å². The van der Waals surface area contributed by atoms with Gasteiger partial charge in [0.1, 0.15) is 10.6 Å². The first kappa shape index (κ1) is 19.4. The van der Waals surface area contributed by atoms with Gasteiger partial charge in [-0.15, -0.1) is 11.3 Å². The van der Waals surface area contributed by atoms with Crippen molar-refractivity contribution in [1.82, 2.24) is 9.62 Å². The lowest BCUT2D eigenvalue weighted by Crippen LogP contribution is -2.39. The Morgan fingerprint density at radius 1 is 1.27 bits per heavy atom. The number of benzene rings is 1. The number of aryl methyl sites for hydroxylation is 1. The Hall–Kier alpha value is -1.41. The molecule has 1 saturated heterocycles. The van der Waals surface area contributed by atoms with Gasteiger partial charge in [0.05, 0.1) is 7.11 Å². The number of ether oxygens (including phenoxy) is 1. The lowest BCUT2D eigenvalue weighted by atomic mass is 9.95. The molecule has 1 aliphatic rings. The molecule has 1 fully saturated rings. The van der Waals surface area contributed by atoms with Crippen molar-refractivity contribution in [2.75, 3.05) is 33.3 Å². The lowest BCUT2D eigenvalue weighted by molar-refractivity contribution is 0.217. The van der Waals surface area contributed by atoms with E-state index in [4.69, 9.17) is 4.74 Å². The molecule has 1 aliphatic heterocycles. The molecule has 1 N–H and O–H groups in total. The van der Waals surface area contributed by atoms with Crippen LogP contribution in [0.5, 0.6) is 5.75 Å². The van der Waals surface area contributed by atoms with E-state index in [1.807, 2.05) is 24.3 Å². The molecule has 0 unspecified atom stereocenters. The Bertz CT molecular complexity index is 811. The van der Waals surface area contributed by atoms with Crippen molar-refractivity contribution in [3.63, 3.8) is 0 Å². The van der Waals surface area contributed by atoms with E-state index in [2.05, 4.69) is 27.1 Å². The monoisotopic (exact) mass is 394 g/mol. The maximum absolute atomic E-state index is 12.6. The summed E-state index contributed by atoms with van der Waals surface area (Å²) in [5.74, 6) is 1.03. The lowest BCUT2D eigenvalue weighted by Gasteiger charge is -2.31. The summed E-state index contributed by atoms with van der Waals surface area (Å²) in [4.78, 5) is 4.01. The number of hydrogen-bond acceptors (Lipinski definition) is 5. The van der Waals surface area contributed by atoms with Crippen LogP contribution < -0.4 is 9.46 Å². The quantitative estimate of drug-likeness (QED) is 0.783. The van der Waals surface area contributed by atoms with E-state index in [1.165, 1.54) is 12.0 Å². The highest BCUT2D eigenvalue weighted by atomic mass is 32.2. The summed E-state index contributed by atoms with van der Waals surface area (Å²) in [5, 5.41) is 2.13. The maximum Gasteiger partial charge on any atom is 0.244 e. The fraction of sp³-hybridized carbons (Fsp3) is 0.474. The molecule has 2 aromatic rings. The van der Waals surface area contributed by atoms with Gasteiger partial charge >= 0.3 is 0 Å². The molecular weight excluding hydrogens is 368 g/mol. The molecule has 1 aromatic carbocycles. The molecule has 0 spiro atoms. The molecule has 3 rings (SSSR count). The van der Waals surface area contributed by atoms with Gasteiger partial charge in [-0.2, -0.15) is 0 Å². The molecule has 0 saturated carbocycles. The van der Waals surface area contributed by atoms with Gasteiger partial charge in [-0.25, -0.2) is 13.1 Å². The topological polar surface area (TPSA) is 58.6 Å². The molecule has 142 valence electrons. The predicted molar refractivity (Wildman–Crippen MR) is 106 cm³/mol. The largest absolute Gasteiger partial charge is 0.495 e. The van der Waals surface area contributed by atoms with E-state index < -0.39 is 10.0 Å². The first-order valence-corrected chi connectivity index (χ1v) is 11.3. The summed E-state index contributed by atoms with van der Waals surface area (Å²) in [5.41, 5.74) is 0.891. The Morgan fingerprint density at radius 3 is 2.69 bits per heavy atom. The molecule has 7 heteroatoms. The van der Waals surface area contributed by atoms with Crippen LogP contribution >= 0.6 is 11.3 Å². The van der Waals surface area contributed by atoms with Crippen LogP contribution in [0.25, 0.3) is 0 Å². The van der Waals surface area contributed by atoms with E-state index in [1.54, 1.807) is 12.1 Å². The summed E-state index contributed by atoms with van der Waals surface area (Å²) in [7, 11) is -2.09. The SMILES string of the molecule is COc1ccc(C)cc1S(=O)(=O)NCCN1CCC(c2cccs2)CC1. The molecule has 26 heavy (non-hydrogen) atoms. The van der Waals surface area contributed by atoms with Crippen LogP contribution in [0, 0.1) is 6.92 Å². The van der Waals surface area contributed by atoms with Crippen molar-refractivity contribution in [2.45, 2.75) is 30.6 Å². The zero-order valence-electron chi connectivity index (χ0n) is 15.3. The minimum absolute atomic E-state index is 0.205. The van der Waals surface area contributed by atoms with E-state index in [0.29, 0.717) is 18.2 Å². The summed E-state index contributed by atoms with van der Waals surface area (Å²) in [6, 6.07) is 9.51. The van der Waals surface area contributed by atoms with Crippen LogP contribution in [-0.4, -0.2) is 46.6 Å². The maximum atomic E-state index is 12.6. The number of nitrogens with one attached hydrogen (secondary N) is 1. The van der Waals surface area contributed by atoms with Gasteiger partial charge in [0.15, 0.2) is 0 Å². The third-order valence-electron chi connectivity index (χ3n) is 4.86. The van der Waals surface area contributed by atoms with Gasteiger partial charge in [0.25, 0.3) is 0 Å². The fourth-order valence-electron chi connectivity index (χ4n) is 3.37. The van der Waals surface area contributed by atoms with Crippen molar-refractivity contribution in [3.8, 4) is 5.75 Å². The third kappa shape index (κ3) is 4.65. The first-order chi connectivity index (χ1) is 12.5. The highest BCUT2D eigenvalue weighted by Crippen LogP contribution is 2.30. The standard InChI is InChI=1S/C19H26N2O3S2/c1-15-5-6-17(24-2)19(14-15)26(22,23)20-9-12-21-10-7-16(8-11-21)18-4-3-13-25-18/h3-6,13-14,16,20H,7-12H2,1-2H3. The van der Waals surface area contributed by atoms with E-state index >= 15 is 0 Å². The highest BCUT2D eigenvalue weighted by molar-refractivity contribution is 7.89. The third-order valence-corrected chi connectivity index (χ3v) is 7.38. The molecule has 0 amide bonds. The van der Waals surface area contributed by atoms with Gasteiger partial charge in [-0.3, -0.25) is 0 Å². The van der Waals surface area contributed by atoms with E-state index in [0.717, 1.165) is 38.0 Å². The second-order valence-corrected chi connectivity index (χ2v) is 9.40. The van der Waals surface area contributed by atoms with Crippen LogP contribution in [0.4, 0.5) is 0 Å². The highest BCUT2D eigenvalue weighted by Gasteiger charge is 2.23. The van der Waals surface area contributed by atoms with Gasteiger partial charge in [0.2, 0.25) is 10.0 Å². The van der Waals surface area contributed by atoms with Crippen molar-refractivity contribution in [2.24, 2.45) is 0 Å². The van der Waals surface area contributed by atoms with Crippen molar-refractivity contribution in [3.05, 3.63) is 46.2 Å². The first-order valence-electron chi connectivity index (χ1n) is 8.89. The van der Waals surface area contributed by atoms with E-state index in [9.17, 15) is 8.42 Å². The fourth-order valence-corrected chi connectivity index (χ4v) is 5.55. The Kier molecular flexibility index (Phi) is 6.34. The molecule has 2 heterocycles. The number of sulfonamides is 1. The normalized spacial score (nSPS) is 16.7. The molecule has 0 atom stereocenters. The summed E-state index contributed by atoms with van der Waals surface area (Å²) >= 11 is 1.83. The molecule has 0 aliphatic carbocycles. The van der Waals surface area contributed by atoms with Crippen LogP contribution in [-0.2, 0) is 10.0 Å². The predicted octanol–water partition coefficient (Wildman–Crippen LogP) is 3.22. The zero-order valence-corrected chi connectivity index (χ0v) is 16.9. The summed E-state index contributed by atoms with van der Waals surface area (Å²) in [6.45, 7) is 5.03. The number of nitrogens with zero attached hydrogens (tertiary/aromatic N) is 1. The minimum atomic E-state index is -3.57. The molecule has 5 nitrogen and oxygen atoms in total. The van der Waals surface area contributed by atoms with Crippen LogP contribution in [0.15, 0.2) is 40.6 Å². The zero-order chi connectivity index (χ0) is 18.6. The van der Waals surface area contributed by atoms with Crippen LogP contribution in [0.2, 0.25) is 0 Å². The Morgan fingerprint density at radius 2 is 2.04 bits per heavy atom. The molecule has 0 radical (unpaired) electrons. The van der Waals surface area contributed by atoms with Crippen molar-refractivity contribution in [1.29, 1.82) is 0 Å². The summed E-state index contributed by atoms with van der Waals surface area (Å²) < 4.78 is 33.1. The van der Waals surface area contributed by atoms with Gasteiger partial charge in [-0.1, -0.05) is 12.1 Å². The Balaban J connectivity index is 1.51. The van der Waals surface area contributed by atoms with Crippen molar-refractivity contribution >= 4 is 21.4 Å². The average molecular weight is 395 g/mol. The molecular formula is C19H26N2O3S2.